The number of carboxylic acid groups (broad SMARTS) is 1. The molecule has 0 saturated heterocycles. The van der Waals surface area contributed by atoms with Crippen LogP contribution in [0.15, 0.2) is 24.3 Å². The lowest BCUT2D eigenvalue weighted by atomic mass is 9.97. The number of carboxylic acids is 1. The molecule has 0 radical (unpaired) electrons. The maximum atomic E-state index is 11.5. The van der Waals surface area contributed by atoms with E-state index in [1.165, 1.54) is 13.0 Å². The van der Waals surface area contributed by atoms with Crippen LogP contribution in [-0.2, 0) is 20.7 Å². The highest BCUT2D eigenvalue weighted by Gasteiger charge is 2.32. The minimum atomic E-state index is -1.25. The number of hydrogen-bond acceptors (Lipinski definition) is 6. The third kappa shape index (κ3) is 2.88. The third-order valence-corrected chi connectivity index (χ3v) is 3.05. The summed E-state index contributed by atoms with van der Waals surface area (Å²) in [6.45, 7) is 4.84. The van der Waals surface area contributed by atoms with Crippen LogP contribution in [0.5, 0.6) is 0 Å². The van der Waals surface area contributed by atoms with Gasteiger partial charge in [-0.05, 0) is 24.6 Å². The molecule has 1 N–H and O–H groups in total. The van der Waals surface area contributed by atoms with Gasteiger partial charge in [0.25, 0.3) is 0 Å². The standard InChI is InChI=1S/C15H12O7/c1-7(2)13(18)21-4-3-8-5-10-11(6-9(8)12(16)17)15(20)22-14(10)19/h5-6H,1,3-4H2,2H3,(H,16,17). The Morgan fingerprint density at radius 1 is 1.23 bits per heavy atom. The molecule has 0 amide bonds. The number of benzene rings is 1. The van der Waals surface area contributed by atoms with Gasteiger partial charge in [-0.1, -0.05) is 6.58 Å². The molecule has 0 atom stereocenters. The Morgan fingerprint density at radius 3 is 2.36 bits per heavy atom. The molecule has 0 aromatic heterocycles. The summed E-state index contributed by atoms with van der Waals surface area (Å²) in [5, 5.41) is 9.19. The highest BCUT2D eigenvalue weighted by molar-refractivity contribution is 6.15. The van der Waals surface area contributed by atoms with Crippen molar-refractivity contribution in [1.82, 2.24) is 0 Å². The molecule has 0 bridgehead atoms. The minimum absolute atomic E-state index is 0.0104. The number of rotatable bonds is 5. The average molecular weight is 304 g/mol. The van der Waals surface area contributed by atoms with Gasteiger partial charge in [0, 0.05) is 12.0 Å². The molecule has 1 aliphatic rings. The number of carbonyl (C=O) groups excluding carboxylic acids is 3. The molecule has 7 heteroatoms. The van der Waals surface area contributed by atoms with E-state index in [4.69, 9.17) is 4.74 Å². The topological polar surface area (TPSA) is 107 Å². The van der Waals surface area contributed by atoms with Crippen molar-refractivity contribution >= 4 is 23.9 Å². The summed E-state index contributed by atoms with van der Waals surface area (Å²) < 4.78 is 9.32. The first kappa shape index (κ1) is 15.4. The van der Waals surface area contributed by atoms with E-state index in [1.54, 1.807) is 0 Å². The Kier molecular flexibility index (Phi) is 4.07. The maximum Gasteiger partial charge on any atom is 0.346 e. The quantitative estimate of drug-likeness (QED) is 0.497. The van der Waals surface area contributed by atoms with Gasteiger partial charge < -0.3 is 14.6 Å². The largest absolute Gasteiger partial charge is 0.478 e. The van der Waals surface area contributed by atoms with Crippen LogP contribution in [0.3, 0.4) is 0 Å². The highest BCUT2D eigenvalue weighted by atomic mass is 16.6. The number of cyclic esters (lactones) is 2. The normalized spacial score (nSPS) is 12.6. The summed E-state index contributed by atoms with van der Waals surface area (Å²) >= 11 is 0. The second kappa shape index (κ2) is 5.80. The van der Waals surface area contributed by atoms with E-state index >= 15 is 0 Å². The number of ether oxygens (including phenoxy) is 2. The SMILES string of the molecule is C=C(C)C(=O)OCCc1cc2c(cc1C(=O)O)C(=O)OC2=O. The number of esters is 3. The second-order valence-corrected chi connectivity index (χ2v) is 4.70. The molecule has 1 aliphatic heterocycles. The highest BCUT2D eigenvalue weighted by Crippen LogP contribution is 2.25. The van der Waals surface area contributed by atoms with Crippen LogP contribution in [0.2, 0.25) is 0 Å². The fourth-order valence-electron chi connectivity index (χ4n) is 1.96. The summed E-state index contributed by atoms with van der Waals surface area (Å²) in [4.78, 5) is 45.5. The molecular weight excluding hydrogens is 292 g/mol. The molecule has 7 nitrogen and oxygen atoms in total. The zero-order valence-corrected chi connectivity index (χ0v) is 11.7. The molecule has 0 spiro atoms. The third-order valence-electron chi connectivity index (χ3n) is 3.05. The molecule has 0 aliphatic carbocycles. The van der Waals surface area contributed by atoms with Crippen LogP contribution >= 0.6 is 0 Å². The van der Waals surface area contributed by atoms with Gasteiger partial charge in [-0.2, -0.15) is 0 Å². The van der Waals surface area contributed by atoms with Crippen LogP contribution in [0.4, 0.5) is 0 Å². The first-order valence-corrected chi connectivity index (χ1v) is 6.30. The van der Waals surface area contributed by atoms with Gasteiger partial charge in [0.15, 0.2) is 0 Å². The predicted molar refractivity (Wildman–Crippen MR) is 72.6 cm³/mol. The van der Waals surface area contributed by atoms with Gasteiger partial charge >= 0.3 is 23.9 Å². The van der Waals surface area contributed by atoms with Crippen molar-refractivity contribution < 1.29 is 33.8 Å². The first-order chi connectivity index (χ1) is 10.3. The molecular formula is C15H12O7. The molecule has 2 rings (SSSR count). The molecule has 0 saturated carbocycles. The number of hydrogen-bond donors (Lipinski definition) is 1. The molecule has 0 unspecified atom stereocenters. The van der Waals surface area contributed by atoms with Crippen LogP contribution in [0.1, 0.15) is 43.6 Å². The molecule has 1 aromatic rings. The first-order valence-electron chi connectivity index (χ1n) is 6.30. The van der Waals surface area contributed by atoms with Gasteiger partial charge in [-0.15, -0.1) is 0 Å². The van der Waals surface area contributed by atoms with Crippen molar-refractivity contribution in [2.45, 2.75) is 13.3 Å². The minimum Gasteiger partial charge on any atom is -0.478 e. The fraction of sp³-hybridized carbons (Fsp3) is 0.200. The van der Waals surface area contributed by atoms with E-state index in [-0.39, 0.29) is 40.9 Å². The van der Waals surface area contributed by atoms with Crippen molar-refractivity contribution in [2.24, 2.45) is 0 Å². The average Bonchev–Trinajstić information content (AvgIpc) is 2.72. The van der Waals surface area contributed by atoms with Gasteiger partial charge in [-0.25, -0.2) is 19.2 Å². The Bertz CT molecular complexity index is 715. The lowest BCUT2D eigenvalue weighted by Crippen LogP contribution is -2.12. The lowest BCUT2D eigenvalue weighted by molar-refractivity contribution is -0.138. The lowest BCUT2D eigenvalue weighted by Gasteiger charge is -2.08. The van der Waals surface area contributed by atoms with E-state index in [9.17, 15) is 24.3 Å². The fourth-order valence-corrected chi connectivity index (χ4v) is 1.96. The van der Waals surface area contributed by atoms with E-state index in [0.717, 1.165) is 6.07 Å². The summed E-state index contributed by atoms with van der Waals surface area (Å²) in [5.74, 6) is -3.54. The Balaban J connectivity index is 2.27. The van der Waals surface area contributed by atoms with E-state index in [0.29, 0.717) is 0 Å². The molecule has 114 valence electrons. The van der Waals surface area contributed by atoms with Gasteiger partial charge in [0.1, 0.15) is 0 Å². The van der Waals surface area contributed by atoms with E-state index in [1.807, 2.05) is 0 Å². The summed E-state index contributed by atoms with van der Waals surface area (Å²) in [7, 11) is 0. The van der Waals surface area contributed by atoms with E-state index in [2.05, 4.69) is 11.3 Å². The molecule has 22 heavy (non-hydrogen) atoms. The number of aromatic carboxylic acids is 1. The molecule has 0 fully saturated rings. The Morgan fingerprint density at radius 2 is 1.82 bits per heavy atom. The number of fused-ring (bicyclic) bond motifs is 1. The summed E-state index contributed by atoms with van der Waals surface area (Å²) in [6, 6.07) is 2.38. The van der Waals surface area contributed by atoms with Crippen LogP contribution < -0.4 is 0 Å². The smallest absolute Gasteiger partial charge is 0.346 e. The maximum absolute atomic E-state index is 11.5. The van der Waals surface area contributed by atoms with Crippen LogP contribution in [-0.4, -0.2) is 35.6 Å². The Labute approximate surface area is 125 Å². The van der Waals surface area contributed by atoms with Gasteiger partial charge in [0.05, 0.1) is 23.3 Å². The molecule has 1 heterocycles. The summed E-state index contributed by atoms with van der Waals surface area (Å²) in [6.07, 6.45) is 0.0788. The van der Waals surface area contributed by atoms with Gasteiger partial charge in [0.2, 0.25) is 0 Å². The second-order valence-electron chi connectivity index (χ2n) is 4.70. The zero-order chi connectivity index (χ0) is 16.4. The summed E-state index contributed by atoms with van der Waals surface area (Å²) in [5.41, 5.74) is 0.284. The zero-order valence-electron chi connectivity index (χ0n) is 11.7. The van der Waals surface area contributed by atoms with Gasteiger partial charge in [-0.3, -0.25) is 0 Å². The molecule has 1 aromatic carbocycles. The van der Waals surface area contributed by atoms with Crippen molar-refractivity contribution in [3.63, 3.8) is 0 Å². The van der Waals surface area contributed by atoms with Crippen molar-refractivity contribution in [2.75, 3.05) is 6.61 Å². The van der Waals surface area contributed by atoms with Crippen molar-refractivity contribution in [1.29, 1.82) is 0 Å². The van der Waals surface area contributed by atoms with Crippen LogP contribution in [0.25, 0.3) is 0 Å². The number of carbonyl (C=O) groups is 4. The van der Waals surface area contributed by atoms with E-state index < -0.39 is 23.9 Å². The van der Waals surface area contributed by atoms with Crippen molar-refractivity contribution in [3.8, 4) is 0 Å². The monoisotopic (exact) mass is 304 g/mol. The Hall–Kier alpha value is -2.96. The van der Waals surface area contributed by atoms with Crippen molar-refractivity contribution in [3.05, 3.63) is 46.5 Å². The van der Waals surface area contributed by atoms with Crippen LogP contribution in [0, 0.1) is 0 Å². The predicted octanol–water partition coefficient (Wildman–Crippen LogP) is 1.36.